The Labute approximate surface area is 115 Å². The zero-order chi connectivity index (χ0) is 14.7. The molecule has 1 fully saturated rings. The van der Waals surface area contributed by atoms with Crippen LogP contribution in [0.1, 0.15) is 5.56 Å². The van der Waals surface area contributed by atoms with E-state index in [0.29, 0.717) is 0 Å². The highest BCUT2D eigenvalue weighted by atomic mass is 19.1. The lowest BCUT2D eigenvalue weighted by Crippen LogP contribution is -2.54. The van der Waals surface area contributed by atoms with E-state index in [2.05, 4.69) is 5.32 Å². The number of carboxylic acid groups (broad SMARTS) is 1. The summed E-state index contributed by atoms with van der Waals surface area (Å²) in [5.41, 5.74) is 0.823. The van der Waals surface area contributed by atoms with Crippen molar-refractivity contribution in [3.63, 3.8) is 0 Å². The first-order chi connectivity index (χ1) is 9.49. The number of ether oxygens (including phenoxy) is 1. The number of rotatable bonds is 2. The Morgan fingerprint density at radius 2 is 2.25 bits per heavy atom. The molecule has 2 amide bonds. The highest BCUT2D eigenvalue weighted by Crippen LogP contribution is 2.17. The molecule has 0 aromatic heterocycles. The van der Waals surface area contributed by atoms with Crippen molar-refractivity contribution in [2.75, 3.05) is 25.1 Å². The molecule has 1 aromatic rings. The van der Waals surface area contributed by atoms with Gasteiger partial charge in [-0.2, -0.15) is 0 Å². The van der Waals surface area contributed by atoms with Gasteiger partial charge in [-0.25, -0.2) is 14.0 Å². The molecule has 20 heavy (non-hydrogen) atoms. The topological polar surface area (TPSA) is 78.9 Å². The Hall–Kier alpha value is -2.15. The van der Waals surface area contributed by atoms with E-state index < -0.39 is 23.9 Å². The average Bonchev–Trinajstić information content (AvgIpc) is 2.42. The Morgan fingerprint density at radius 1 is 1.50 bits per heavy atom. The third-order valence-corrected chi connectivity index (χ3v) is 3.04. The van der Waals surface area contributed by atoms with Gasteiger partial charge in [-0.3, -0.25) is 0 Å². The molecule has 0 aliphatic carbocycles. The molecule has 1 aliphatic heterocycles. The highest BCUT2D eigenvalue weighted by Gasteiger charge is 2.33. The number of carbonyl (C=O) groups excluding carboxylic acids is 1. The number of carboxylic acids is 1. The lowest BCUT2D eigenvalue weighted by atomic mass is 10.2. The predicted molar refractivity (Wildman–Crippen MR) is 69.1 cm³/mol. The van der Waals surface area contributed by atoms with E-state index in [9.17, 15) is 14.0 Å². The number of urea groups is 1. The van der Waals surface area contributed by atoms with Crippen LogP contribution >= 0.6 is 0 Å². The molecule has 6 nitrogen and oxygen atoms in total. The minimum atomic E-state index is -1.15. The van der Waals surface area contributed by atoms with Crippen LogP contribution in [0.25, 0.3) is 0 Å². The fourth-order valence-corrected chi connectivity index (χ4v) is 1.97. The lowest BCUT2D eigenvalue weighted by molar-refractivity contribution is -0.147. The molecule has 1 saturated heterocycles. The Kier molecular flexibility index (Phi) is 4.19. The summed E-state index contributed by atoms with van der Waals surface area (Å²) in [7, 11) is 0. The fraction of sp³-hybridized carbons (Fsp3) is 0.385. The molecule has 1 aromatic carbocycles. The number of benzene rings is 1. The van der Waals surface area contributed by atoms with Gasteiger partial charge in [0.1, 0.15) is 5.82 Å². The van der Waals surface area contributed by atoms with Gasteiger partial charge in [-0.05, 0) is 24.6 Å². The van der Waals surface area contributed by atoms with Gasteiger partial charge in [0.05, 0.1) is 18.9 Å². The number of aryl methyl sites for hydroxylation is 1. The number of morpholine rings is 1. The van der Waals surface area contributed by atoms with Crippen LogP contribution in [0.4, 0.5) is 14.9 Å². The first kappa shape index (κ1) is 14.3. The molecule has 0 spiro atoms. The van der Waals surface area contributed by atoms with Gasteiger partial charge in [-0.1, -0.05) is 6.07 Å². The number of hydrogen-bond donors (Lipinski definition) is 2. The quantitative estimate of drug-likeness (QED) is 0.860. The molecule has 1 heterocycles. The molecule has 0 radical (unpaired) electrons. The van der Waals surface area contributed by atoms with E-state index in [1.807, 2.05) is 0 Å². The fourth-order valence-electron chi connectivity index (χ4n) is 1.97. The molecule has 1 aliphatic rings. The third-order valence-electron chi connectivity index (χ3n) is 3.04. The molecule has 7 heteroatoms. The van der Waals surface area contributed by atoms with Crippen molar-refractivity contribution >= 4 is 17.7 Å². The number of nitrogens with one attached hydrogen (secondary N) is 1. The zero-order valence-corrected chi connectivity index (χ0v) is 10.9. The van der Waals surface area contributed by atoms with E-state index in [1.54, 1.807) is 13.0 Å². The van der Waals surface area contributed by atoms with Crippen LogP contribution in [0, 0.1) is 12.7 Å². The summed E-state index contributed by atoms with van der Waals surface area (Å²) in [6.07, 6.45) is 0. The Bertz CT molecular complexity index is 535. The van der Waals surface area contributed by atoms with Crippen LogP contribution in [0.15, 0.2) is 18.2 Å². The highest BCUT2D eigenvalue weighted by molar-refractivity contribution is 5.92. The van der Waals surface area contributed by atoms with E-state index >= 15 is 0 Å². The third kappa shape index (κ3) is 3.05. The Balaban J connectivity index is 2.14. The Morgan fingerprint density at radius 3 is 2.95 bits per heavy atom. The van der Waals surface area contributed by atoms with Crippen molar-refractivity contribution in [1.82, 2.24) is 4.90 Å². The first-order valence-electron chi connectivity index (χ1n) is 6.13. The molecule has 0 saturated carbocycles. The van der Waals surface area contributed by atoms with Crippen molar-refractivity contribution in [2.45, 2.75) is 13.0 Å². The summed E-state index contributed by atoms with van der Waals surface area (Å²) in [5.74, 6) is -1.71. The van der Waals surface area contributed by atoms with Crippen molar-refractivity contribution in [3.8, 4) is 0 Å². The van der Waals surface area contributed by atoms with Crippen molar-refractivity contribution in [2.24, 2.45) is 0 Å². The van der Waals surface area contributed by atoms with Crippen LogP contribution in [0.3, 0.4) is 0 Å². The summed E-state index contributed by atoms with van der Waals surface area (Å²) in [6, 6.07) is 2.61. The number of aliphatic carboxylic acids is 1. The molecule has 2 rings (SSSR count). The monoisotopic (exact) mass is 282 g/mol. The maximum Gasteiger partial charge on any atom is 0.328 e. The minimum absolute atomic E-state index is 0.0330. The second-order valence-corrected chi connectivity index (χ2v) is 4.54. The second-order valence-electron chi connectivity index (χ2n) is 4.54. The van der Waals surface area contributed by atoms with Gasteiger partial charge in [0.15, 0.2) is 6.04 Å². The number of halogens is 1. The van der Waals surface area contributed by atoms with Crippen molar-refractivity contribution < 1.29 is 23.8 Å². The van der Waals surface area contributed by atoms with Gasteiger partial charge < -0.3 is 20.1 Å². The van der Waals surface area contributed by atoms with Crippen molar-refractivity contribution in [3.05, 3.63) is 29.6 Å². The van der Waals surface area contributed by atoms with Gasteiger partial charge in [0, 0.05) is 6.54 Å². The number of anilines is 1. The number of hydrogen-bond acceptors (Lipinski definition) is 3. The molecule has 0 bridgehead atoms. The number of nitrogens with zero attached hydrogens (tertiary/aromatic N) is 1. The molecule has 1 unspecified atom stereocenters. The van der Waals surface area contributed by atoms with E-state index in [4.69, 9.17) is 9.84 Å². The van der Waals surface area contributed by atoms with E-state index in [-0.39, 0.29) is 25.4 Å². The summed E-state index contributed by atoms with van der Waals surface area (Å²) >= 11 is 0. The van der Waals surface area contributed by atoms with E-state index in [1.165, 1.54) is 12.1 Å². The minimum Gasteiger partial charge on any atom is -0.480 e. The predicted octanol–water partition coefficient (Wildman–Crippen LogP) is 1.45. The van der Waals surface area contributed by atoms with Gasteiger partial charge in [0.2, 0.25) is 0 Å². The summed E-state index contributed by atoms with van der Waals surface area (Å²) < 4.78 is 18.6. The largest absolute Gasteiger partial charge is 0.480 e. The standard InChI is InChI=1S/C13H15FN2O4/c1-8-2-3-9(14)10(6-8)15-13(19)16-4-5-20-7-11(16)12(17)18/h2-3,6,11H,4-5,7H2,1H3,(H,15,19)(H,17,18). The molecule has 1 atom stereocenters. The lowest BCUT2D eigenvalue weighted by Gasteiger charge is -2.32. The van der Waals surface area contributed by atoms with Crippen LogP contribution in [0.5, 0.6) is 0 Å². The van der Waals surface area contributed by atoms with E-state index in [0.717, 1.165) is 10.5 Å². The smallest absolute Gasteiger partial charge is 0.328 e. The first-order valence-corrected chi connectivity index (χ1v) is 6.13. The zero-order valence-electron chi connectivity index (χ0n) is 10.9. The van der Waals surface area contributed by atoms with Crippen LogP contribution in [-0.2, 0) is 9.53 Å². The molecule has 2 N–H and O–H groups in total. The second kappa shape index (κ2) is 5.87. The van der Waals surface area contributed by atoms with Gasteiger partial charge >= 0.3 is 12.0 Å². The van der Waals surface area contributed by atoms with Crippen LogP contribution < -0.4 is 5.32 Å². The average molecular weight is 282 g/mol. The van der Waals surface area contributed by atoms with Crippen LogP contribution in [0.2, 0.25) is 0 Å². The molecular weight excluding hydrogens is 267 g/mol. The normalized spacial score (nSPS) is 18.7. The molecule has 108 valence electrons. The van der Waals surface area contributed by atoms with Crippen molar-refractivity contribution in [1.29, 1.82) is 0 Å². The molecular formula is C13H15FN2O4. The summed E-state index contributed by atoms with van der Waals surface area (Å²) in [5, 5.41) is 11.4. The maximum atomic E-state index is 13.6. The van der Waals surface area contributed by atoms with Gasteiger partial charge in [-0.15, -0.1) is 0 Å². The summed E-state index contributed by atoms with van der Waals surface area (Å²) in [4.78, 5) is 24.3. The SMILES string of the molecule is Cc1ccc(F)c(NC(=O)N2CCOCC2C(=O)O)c1. The number of amides is 2. The summed E-state index contributed by atoms with van der Waals surface area (Å²) in [6.45, 7) is 2.10. The van der Waals surface area contributed by atoms with Crippen LogP contribution in [-0.4, -0.2) is 47.8 Å². The van der Waals surface area contributed by atoms with Gasteiger partial charge in [0.25, 0.3) is 0 Å². The maximum absolute atomic E-state index is 13.6. The number of carbonyl (C=O) groups is 2.